The van der Waals surface area contributed by atoms with Gasteiger partial charge in [-0.15, -0.1) is 0 Å². The average Bonchev–Trinajstić information content (AvgIpc) is 2.87. The van der Waals surface area contributed by atoms with Crippen LogP contribution in [-0.2, 0) is 6.42 Å². The molecule has 3 heteroatoms. The number of hydrogen-bond donors (Lipinski definition) is 1. The van der Waals surface area contributed by atoms with Crippen LogP contribution in [-0.4, -0.2) is 5.91 Å². The third-order valence-electron chi connectivity index (χ3n) is 4.01. The zero-order valence-electron chi connectivity index (χ0n) is 13.1. The van der Waals surface area contributed by atoms with Crippen LogP contribution in [0.5, 0.6) is 0 Å². The molecule has 0 unspecified atom stereocenters. The van der Waals surface area contributed by atoms with Crippen LogP contribution in [0.25, 0.3) is 11.0 Å². The van der Waals surface area contributed by atoms with E-state index >= 15 is 0 Å². The zero-order chi connectivity index (χ0) is 15.7. The Bertz CT molecular complexity index is 846. The second kappa shape index (κ2) is 5.68. The molecule has 0 aliphatic carbocycles. The van der Waals surface area contributed by atoms with Crippen molar-refractivity contribution in [2.75, 3.05) is 5.32 Å². The van der Waals surface area contributed by atoms with Crippen molar-refractivity contribution in [3.05, 3.63) is 64.9 Å². The lowest BCUT2D eigenvalue weighted by Crippen LogP contribution is -2.13. The molecule has 1 N–H and O–H groups in total. The highest BCUT2D eigenvalue weighted by molar-refractivity contribution is 6.07. The molecule has 1 amide bonds. The van der Waals surface area contributed by atoms with Crippen molar-refractivity contribution in [1.82, 2.24) is 0 Å². The SMILES string of the molecule is CCc1ccccc1NC(=O)c1oc2c(C)cccc2c1C. The minimum Gasteiger partial charge on any atom is -0.450 e. The monoisotopic (exact) mass is 293 g/mol. The minimum absolute atomic E-state index is 0.200. The van der Waals surface area contributed by atoms with Gasteiger partial charge >= 0.3 is 0 Å². The third kappa shape index (κ3) is 2.39. The highest BCUT2D eigenvalue weighted by atomic mass is 16.3. The second-order valence-corrected chi connectivity index (χ2v) is 5.47. The first-order valence-corrected chi connectivity index (χ1v) is 7.49. The maximum absolute atomic E-state index is 12.6. The number of carbonyl (C=O) groups is 1. The van der Waals surface area contributed by atoms with Gasteiger partial charge in [-0.25, -0.2) is 0 Å². The fourth-order valence-electron chi connectivity index (χ4n) is 2.73. The quantitative estimate of drug-likeness (QED) is 0.749. The summed E-state index contributed by atoms with van der Waals surface area (Å²) in [6.45, 7) is 5.98. The number of aryl methyl sites for hydroxylation is 3. The number of nitrogens with one attached hydrogen (secondary N) is 1. The predicted molar refractivity (Wildman–Crippen MR) is 89.5 cm³/mol. The van der Waals surface area contributed by atoms with E-state index in [0.717, 1.165) is 39.8 Å². The van der Waals surface area contributed by atoms with E-state index in [4.69, 9.17) is 4.42 Å². The molecule has 22 heavy (non-hydrogen) atoms. The summed E-state index contributed by atoms with van der Waals surface area (Å²) in [5.74, 6) is 0.184. The molecule has 0 bridgehead atoms. The van der Waals surface area contributed by atoms with Gasteiger partial charge in [0.2, 0.25) is 0 Å². The van der Waals surface area contributed by atoms with Crippen molar-refractivity contribution in [2.45, 2.75) is 27.2 Å². The van der Waals surface area contributed by atoms with Gasteiger partial charge in [0.25, 0.3) is 5.91 Å². The summed E-state index contributed by atoms with van der Waals surface area (Å²) in [7, 11) is 0. The molecule has 1 heterocycles. The molecule has 0 saturated carbocycles. The molecule has 3 aromatic rings. The van der Waals surface area contributed by atoms with Crippen molar-refractivity contribution in [2.24, 2.45) is 0 Å². The molecule has 0 aliphatic rings. The van der Waals surface area contributed by atoms with Crippen LogP contribution in [0, 0.1) is 13.8 Å². The van der Waals surface area contributed by atoms with Gasteiger partial charge in [-0.3, -0.25) is 4.79 Å². The first-order valence-electron chi connectivity index (χ1n) is 7.49. The van der Waals surface area contributed by atoms with Crippen molar-refractivity contribution in [3.63, 3.8) is 0 Å². The molecule has 0 saturated heterocycles. The maximum atomic E-state index is 12.6. The number of amides is 1. The molecule has 3 rings (SSSR count). The fourth-order valence-corrected chi connectivity index (χ4v) is 2.73. The van der Waals surface area contributed by atoms with E-state index in [9.17, 15) is 4.79 Å². The molecule has 0 spiro atoms. The molecular formula is C19H19NO2. The van der Waals surface area contributed by atoms with Gasteiger partial charge in [0.15, 0.2) is 5.76 Å². The van der Waals surface area contributed by atoms with Crippen LogP contribution in [0.15, 0.2) is 46.9 Å². The highest BCUT2D eigenvalue weighted by Gasteiger charge is 2.19. The number of hydrogen-bond acceptors (Lipinski definition) is 2. The van der Waals surface area contributed by atoms with Crippen molar-refractivity contribution in [3.8, 4) is 0 Å². The van der Waals surface area contributed by atoms with Crippen LogP contribution < -0.4 is 5.32 Å². The summed E-state index contributed by atoms with van der Waals surface area (Å²) in [5, 5.41) is 3.96. The van der Waals surface area contributed by atoms with Crippen LogP contribution in [0.1, 0.15) is 34.2 Å². The van der Waals surface area contributed by atoms with E-state index in [1.54, 1.807) is 0 Å². The van der Waals surface area contributed by atoms with E-state index in [-0.39, 0.29) is 5.91 Å². The van der Waals surface area contributed by atoms with Crippen LogP contribution in [0.2, 0.25) is 0 Å². The van der Waals surface area contributed by atoms with Crippen molar-refractivity contribution in [1.29, 1.82) is 0 Å². The molecule has 1 aromatic heterocycles. The molecule has 0 aliphatic heterocycles. The maximum Gasteiger partial charge on any atom is 0.291 e. The Kier molecular flexibility index (Phi) is 3.72. The number of rotatable bonds is 3. The Morgan fingerprint density at radius 1 is 1.09 bits per heavy atom. The Morgan fingerprint density at radius 3 is 2.59 bits per heavy atom. The summed E-state index contributed by atoms with van der Waals surface area (Å²) in [5.41, 5.74) is 4.65. The lowest BCUT2D eigenvalue weighted by Gasteiger charge is -2.08. The predicted octanol–water partition coefficient (Wildman–Crippen LogP) is 4.86. The summed E-state index contributed by atoms with van der Waals surface area (Å²) in [6.07, 6.45) is 0.870. The normalized spacial score (nSPS) is 10.9. The van der Waals surface area contributed by atoms with Gasteiger partial charge in [-0.1, -0.05) is 43.3 Å². The fraction of sp³-hybridized carbons (Fsp3) is 0.211. The lowest BCUT2D eigenvalue weighted by molar-refractivity contribution is 0.0998. The van der Waals surface area contributed by atoms with Gasteiger partial charge < -0.3 is 9.73 Å². The zero-order valence-corrected chi connectivity index (χ0v) is 13.1. The number of carbonyl (C=O) groups excluding carboxylic acids is 1. The highest BCUT2D eigenvalue weighted by Crippen LogP contribution is 2.28. The number of para-hydroxylation sites is 2. The molecule has 112 valence electrons. The Hall–Kier alpha value is -2.55. The molecule has 2 aromatic carbocycles. The first kappa shape index (κ1) is 14.4. The average molecular weight is 293 g/mol. The number of benzene rings is 2. The Labute approximate surface area is 130 Å². The summed E-state index contributed by atoms with van der Waals surface area (Å²) in [6, 6.07) is 13.8. The molecule has 0 fully saturated rings. The van der Waals surface area contributed by atoms with Gasteiger partial charge in [0.1, 0.15) is 5.58 Å². The summed E-state index contributed by atoms with van der Waals surface area (Å²) >= 11 is 0. The van der Waals surface area contributed by atoms with Gasteiger partial charge in [-0.05, 0) is 37.5 Å². The molecule has 3 nitrogen and oxygen atoms in total. The van der Waals surface area contributed by atoms with E-state index in [2.05, 4.69) is 12.2 Å². The molecular weight excluding hydrogens is 274 g/mol. The van der Waals surface area contributed by atoms with E-state index in [1.807, 2.05) is 56.3 Å². The number of anilines is 1. The first-order chi connectivity index (χ1) is 10.6. The topological polar surface area (TPSA) is 42.2 Å². The lowest BCUT2D eigenvalue weighted by atomic mass is 10.1. The van der Waals surface area contributed by atoms with Crippen LogP contribution in [0.3, 0.4) is 0 Å². The van der Waals surface area contributed by atoms with Crippen molar-refractivity contribution >= 4 is 22.6 Å². The number of furan rings is 1. The Balaban J connectivity index is 1.99. The van der Waals surface area contributed by atoms with Crippen molar-refractivity contribution < 1.29 is 9.21 Å². The molecule has 0 atom stereocenters. The van der Waals surface area contributed by atoms with E-state index in [1.165, 1.54) is 0 Å². The van der Waals surface area contributed by atoms with Crippen LogP contribution in [0.4, 0.5) is 5.69 Å². The number of fused-ring (bicyclic) bond motifs is 1. The van der Waals surface area contributed by atoms with Crippen LogP contribution >= 0.6 is 0 Å². The van der Waals surface area contributed by atoms with Gasteiger partial charge in [0, 0.05) is 16.6 Å². The minimum atomic E-state index is -0.200. The van der Waals surface area contributed by atoms with E-state index < -0.39 is 0 Å². The molecule has 0 radical (unpaired) electrons. The Morgan fingerprint density at radius 2 is 1.86 bits per heavy atom. The third-order valence-corrected chi connectivity index (χ3v) is 4.01. The second-order valence-electron chi connectivity index (χ2n) is 5.47. The smallest absolute Gasteiger partial charge is 0.291 e. The van der Waals surface area contributed by atoms with Gasteiger partial charge in [0.05, 0.1) is 0 Å². The largest absolute Gasteiger partial charge is 0.450 e. The standard InChI is InChI=1S/C19H19NO2/c1-4-14-9-5-6-11-16(14)20-19(21)18-13(3)15-10-7-8-12(2)17(15)22-18/h5-11H,4H2,1-3H3,(H,20,21). The summed E-state index contributed by atoms with van der Waals surface area (Å²) < 4.78 is 5.83. The van der Waals surface area contributed by atoms with E-state index in [0.29, 0.717) is 5.76 Å². The van der Waals surface area contributed by atoms with Gasteiger partial charge in [-0.2, -0.15) is 0 Å². The summed E-state index contributed by atoms with van der Waals surface area (Å²) in [4.78, 5) is 12.6.